The van der Waals surface area contributed by atoms with Crippen LogP contribution in [0.4, 0.5) is 4.79 Å². The number of amides is 1. The van der Waals surface area contributed by atoms with Gasteiger partial charge in [-0.3, -0.25) is 14.6 Å². The second-order valence-electron chi connectivity index (χ2n) is 16.4. The Morgan fingerprint density at radius 2 is 1.70 bits per heavy atom. The van der Waals surface area contributed by atoms with Crippen LogP contribution in [0.5, 0.6) is 0 Å². The van der Waals surface area contributed by atoms with Gasteiger partial charge in [-0.1, -0.05) is 51.1 Å². The summed E-state index contributed by atoms with van der Waals surface area (Å²) in [6.45, 7) is 15.5. The molecule has 4 aliphatic rings. The molecule has 296 valence electrons. The fraction of sp³-hybridized carbons (Fsp3) is 0.750. The van der Waals surface area contributed by atoms with Gasteiger partial charge in [-0.15, -0.1) is 0 Å². The number of ether oxygens (including phenoxy) is 5. The van der Waals surface area contributed by atoms with E-state index < -0.39 is 71.5 Å². The Morgan fingerprint density at radius 3 is 2.34 bits per heavy atom. The minimum absolute atomic E-state index is 0.210. The van der Waals surface area contributed by atoms with Crippen LogP contribution in [0, 0.1) is 23.7 Å². The minimum Gasteiger partial charge on any atom is -0.458 e. The summed E-state index contributed by atoms with van der Waals surface area (Å²) < 4.78 is 31.5. The molecule has 1 amide bonds. The van der Waals surface area contributed by atoms with Crippen molar-refractivity contribution in [1.82, 2.24) is 14.9 Å². The Hall–Kier alpha value is -2.94. The van der Waals surface area contributed by atoms with Crippen molar-refractivity contribution in [2.75, 3.05) is 34.4 Å². The molecule has 13 nitrogen and oxygen atoms in total. The number of aryl methyl sites for hydroxylation is 1. The smallest absolute Gasteiger partial charge is 0.425 e. The standard InChI is InChI=1S/C40H62N4O9/c1-23-21-39(7,49-11)35(52-37-33(46)30(42(9)10)20-24(2)50-37)26(4)32(45)27(5)36(47)51-28(6)40(8)34-25(3)31(23)41-22-43(44(34)38(48)53-40)19-15-18-29-16-13-12-14-17-29/h12-14,16-17,23-28,30,33-35,37,46H,15,18-22H2,1-11H3/t23-,24-,25-,26+,27?,28+,30+,33-,34-,35-,37+,39+,40-/m1/s1. The summed E-state index contributed by atoms with van der Waals surface area (Å²) in [5.74, 6) is -3.68. The number of nitrogens with zero attached hydrogens (tertiary/aromatic N) is 4. The van der Waals surface area contributed by atoms with E-state index in [2.05, 4.69) is 19.1 Å². The lowest BCUT2D eigenvalue weighted by atomic mass is 9.73. The predicted molar refractivity (Wildman–Crippen MR) is 199 cm³/mol. The molecule has 1 N–H and O–H groups in total. The molecule has 4 heterocycles. The topological polar surface area (TPSA) is 140 Å². The molecule has 0 aliphatic carbocycles. The number of carbonyl (C=O) groups excluding carboxylic acids is 3. The van der Waals surface area contributed by atoms with Crippen molar-refractivity contribution >= 4 is 23.6 Å². The van der Waals surface area contributed by atoms with Crippen molar-refractivity contribution in [3.8, 4) is 0 Å². The number of aliphatic imine (C=N–C) groups is 1. The van der Waals surface area contributed by atoms with Gasteiger partial charge in [0.1, 0.15) is 30.8 Å². The summed E-state index contributed by atoms with van der Waals surface area (Å²) in [7, 11) is 5.39. The first-order valence-corrected chi connectivity index (χ1v) is 19.2. The number of hydrogen-bond acceptors (Lipinski definition) is 12. The molecule has 13 heteroatoms. The van der Waals surface area contributed by atoms with Gasteiger partial charge in [-0.05, 0) is 85.9 Å². The first-order valence-electron chi connectivity index (χ1n) is 19.2. The molecule has 13 atom stereocenters. The van der Waals surface area contributed by atoms with Gasteiger partial charge >= 0.3 is 12.1 Å². The van der Waals surface area contributed by atoms with Gasteiger partial charge in [-0.2, -0.15) is 5.01 Å². The van der Waals surface area contributed by atoms with Crippen LogP contribution in [0.15, 0.2) is 35.3 Å². The number of cyclic esters (lactones) is 1. The highest BCUT2D eigenvalue weighted by atomic mass is 16.7. The molecule has 0 radical (unpaired) electrons. The monoisotopic (exact) mass is 742 g/mol. The van der Waals surface area contributed by atoms with Crippen molar-refractivity contribution in [3.63, 3.8) is 0 Å². The molecule has 5 rings (SSSR count). The van der Waals surface area contributed by atoms with Crippen molar-refractivity contribution in [2.24, 2.45) is 28.7 Å². The average Bonchev–Trinajstić information content (AvgIpc) is 3.29. The third-order valence-electron chi connectivity index (χ3n) is 12.4. The number of hydrazine groups is 1. The second-order valence-corrected chi connectivity index (χ2v) is 16.4. The number of aliphatic hydroxyl groups excluding tert-OH is 1. The van der Waals surface area contributed by atoms with Crippen molar-refractivity contribution in [2.45, 2.75) is 135 Å². The Balaban J connectivity index is 1.55. The molecule has 4 aliphatic heterocycles. The zero-order chi connectivity index (χ0) is 39.0. The molecule has 53 heavy (non-hydrogen) atoms. The van der Waals surface area contributed by atoms with E-state index in [0.717, 1.165) is 18.6 Å². The number of esters is 1. The van der Waals surface area contributed by atoms with E-state index in [4.69, 9.17) is 28.7 Å². The van der Waals surface area contributed by atoms with Gasteiger partial charge < -0.3 is 33.7 Å². The maximum absolute atomic E-state index is 14.3. The number of methoxy groups -OCH3 is 1. The highest BCUT2D eigenvalue weighted by Gasteiger charge is 2.61. The molecular formula is C40H62N4O9. The number of ketones is 1. The molecule has 3 saturated heterocycles. The third-order valence-corrected chi connectivity index (χ3v) is 12.4. The predicted octanol–water partition coefficient (Wildman–Crippen LogP) is 4.49. The molecule has 0 spiro atoms. The Bertz CT molecular complexity index is 1490. The lowest BCUT2D eigenvalue weighted by Gasteiger charge is -2.47. The van der Waals surface area contributed by atoms with Crippen LogP contribution in [0.3, 0.4) is 0 Å². The van der Waals surface area contributed by atoms with E-state index >= 15 is 0 Å². The van der Waals surface area contributed by atoms with Crippen LogP contribution in [0.2, 0.25) is 0 Å². The third kappa shape index (κ3) is 8.21. The maximum Gasteiger partial charge on any atom is 0.425 e. The fourth-order valence-corrected chi connectivity index (χ4v) is 9.08. The summed E-state index contributed by atoms with van der Waals surface area (Å²) in [5, 5.41) is 15.1. The summed E-state index contributed by atoms with van der Waals surface area (Å²) in [5.41, 5.74) is -0.300. The van der Waals surface area contributed by atoms with Gasteiger partial charge in [-0.25, -0.2) is 9.80 Å². The first kappa shape index (κ1) is 41.2. The van der Waals surface area contributed by atoms with E-state index in [-0.39, 0.29) is 30.7 Å². The van der Waals surface area contributed by atoms with Crippen LogP contribution in [-0.2, 0) is 39.7 Å². The van der Waals surface area contributed by atoms with Gasteiger partial charge in [0.25, 0.3) is 0 Å². The van der Waals surface area contributed by atoms with Gasteiger partial charge in [0.2, 0.25) is 0 Å². The number of aliphatic hydroxyl groups is 1. The Kier molecular flexibility index (Phi) is 12.8. The van der Waals surface area contributed by atoms with E-state index in [1.807, 2.05) is 63.0 Å². The van der Waals surface area contributed by atoms with Crippen LogP contribution >= 0.6 is 0 Å². The van der Waals surface area contributed by atoms with Gasteiger partial charge in [0.15, 0.2) is 17.7 Å². The maximum atomic E-state index is 14.3. The lowest BCUT2D eigenvalue weighted by molar-refractivity contribution is -0.295. The molecular weight excluding hydrogens is 680 g/mol. The van der Waals surface area contributed by atoms with Crippen LogP contribution in [-0.4, -0.2) is 132 Å². The zero-order valence-electron chi connectivity index (χ0n) is 33.5. The zero-order valence-corrected chi connectivity index (χ0v) is 33.5. The van der Waals surface area contributed by atoms with Gasteiger partial charge in [0.05, 0.1) is 17.8 Å². The molecule has 2 bridgehead atoms. The highest BCUT2D eigenvalue weighted by molar-refractivity contribution is 6.00. The molecule has 1 unspecified atom stereocenters. The summed E-state index contributed by atoms with van der Waals surface area (Å²) in [6, 6.07) is 9.41. The largest absolute Gasteiger partial charge is 0.458 e. The number of fused-ring (bicyclic) bond motifs is 1. The van der Waals surface area contributed by atoms with Crippen LogP contribution in [0.25, 0.3) is 0 Å². The van der Waals surface area contributed by atoms with Crippen molar-refractivity contribution in [3.05, 3.63) is 35.9 Å². The normalized spacial score (nSPS) is 40.3. The second kappa shape index (κ2) is 16.4. The number of Topliss-reactive ketones (excluding diaryl/α,β-unsaturated/α-hetero) is 1. The Labute approximate surface area is 315 Å². The van der Waals surface area contributed by atoms with Crippen molar-refractivity contribution < 1.29 is 43.2 Å². The van der Waals surface area contributed by atoms with Crippen molar-refractivity contribution in [1.29, 1.82) is 0 Å². The molecule has 1 aromatic carbocycles. The number of benzene rings is 1. The molecule has 3 fully saturated rings. The molecule has 0 aromatic heterocycles. The van der Waals surface area contributed by atoms with Crippen LogP contribution in [0.1, 0.15) is 80.2 Å². The Morgan fingerprint density at radius 1 is 1.02 bits per heavy atom. The summed E-state index contributed by atoms with van der Waals surface area (Å²) >= 11 is 0. The van der Waals surface area contributed by atoms with E-state index in [1.165, 1.54) is 12.5 Å². The van der Waals surface area contributed by atoms with E-state index in [0.29, 0.717) is 19.4 Å². The number of likely N-dealkylation sites (N-methyl/N-ethyl adjacent to an activating group) is 1. The molecule has 1 aromatic rings. The van der Waals surface area contributed by atoms with Gasteiger partial charge in [0, 0.05) is 37.2 Å². The lowest BCUT2D eigenvalue weighted by Crippen LogP contribution is -2.60. The molecule has 0 saturated carbocycles. The summed E-state index contributed by atoms with van der Waals surface area (Å²) in [4.78, 5) is 49.1. The highest BCUT2D eigenvalue weighted by Crippen LogP contribution is 2.44. The quantitative estimate of drug-likeness (QED) is 0.298. The first-order chi connectivity index (χ1) is 24.9. The number of rotatable bonds is 8. The summed E-state index contributed by atoms with van der Waals surface area (Å²) in [6.07, 6.45) is -2.02. The fourth-order valence-electron chi connectivity index (χ4n) is 9.08. The van der Waals surface area contributed by atoms with E-state index in [1.54, 1.807) is 32.9 Å². The SMILES string of the molecule is CO[C@@]1(C)C[C@@H](C)C2=NCN(CCCc3ccccc3)N3C(=O)O[C@](C)([C@H](C)OC(=O)C(C)C(=O)[C@H](C)[C@H]1O[C@@H]1O[C@H](C)C[C@H](N(C)C)[C@H]1O)[C@H]3[C@@H]2C. The number of hydrogen-bond donors (Lipinski definition) is 1. The van der Waals surface area contributed by atoms with Crippen LogP contribution < -0.4 is 0 Å². The van der Waals surface area contributed by atoms with E-state index in [9.17, 15) is 19.5 Å². The number of carbonyl (C=O) groups is 3. The minimum atomic E-state index is -1.25. The average molecular weight is 743 g/mol.